The summed E-state index contributed by atoms with van der Waals surface area (Å²) >= 11 is 0. The van der Waals surface area contributed by atoms with Crippen LogP contribution in [0.15, 0.2) is 42.5 Å². The summed E-state index contributed by atoms with van der Waals surface area (Å²) in [5.41, 5.74) is 5.07. The van der Waals surface area contributed by atoms with E-state index in [0.717, 1.165) is 31.1 Å². The van der Waals surface area contributed by atoms with E-state index in [0.29, 0.717) is 5.92 Å². The van der Waals surface area contributed by atoms with Gasteiger partial charge in [-0.3, -0.25) is 0 Å². The highest BCUT2D eigenvalue weighted by molar-refractivity contribution is 5.86. The first-order valence-corrected chi connectivity index (χ1v) is 9.30. The normalized spacial score (nSPS) is 16.7. The molecule has 0 saturated heterocycles. The molecule has 0 radical (unpaired) electrons. The number of methoxy groups -OCH3 is 1. The minimum absolute atomic E-state index is 0.177. The third kappa shape index (κ3) is 3.17. The fourth-order valence-corrected chi connectivity index (χ4v) is 3.64. The molecule has 0 amide bonds. The predicted octanol–water partition coefficient (Wildman–Crippen LogP) is 4.45. The molecule has 2 aromatic carbocycles. The molecule has 1 aromatic heterocycles. The van der Waals surface area contributed by atoms with Crippen molar-refractivity contribution >= 4 is 10.9 Å². The first-order valence-electron chi connectivity index (χ1n) is 9.30. The summed E-state index contributed by atoms with van der Waals surface area (Å²) in [5.74, 6) is 2.36. The van der Waals surface area contributed by atoms with Crippen molar-refractivity contribution in [3.63, 3.8) is 0 Å². The molecular weight excluding hydrogens is 324 g/mol. The summed E-state index contributed by atoms with van der Waals surface area (Å²) in [4.78, 5) is 3.62. The number of rotatable bonds is 5. The Morgan fingerprint density at radius 1 is 1.08 bits per heavy atom. The molecule has 0 spiro atoms. The van der Waals surface area contributed by atoms with Crippen LogP contribution >= 0.6 is 0 Å². The smallest absolute Gasteiger partial charge is 0.119 e. The SMILES string of the molecule is COc1ccc2[nH]c3c(c2c1)CCNC3c1ccc(OCC(C)C)cc1. The zero-order chi connectivity index (χ0) is 18.1. The minimum atomic E-state index is 0.177. The monoisotopic (exact) mass is 350 g/mol. The molecule has 0 aliphatic carbocycles. The minimum Gasteiger partial charge on any atom is -0.497 e. The standard InChI is InChI=1S/C22H26N2O2/c1-14(2)13-26-16-6-4-15(5-7-16)21-22-18(10-11-23-21)19-12-17(25-3)8-9-20(19)24-22/h4-9,12,14,21,23-24H,10-11,13H2,1-3H3. The van der Waals surface area contributed by atoms with Crippen LogP contribution < -0.4 is 14.8 Å². The summed E-state index contributed by atoms with van der Waals surface area (Å²) in [6.07, 6.45) is 1.02. The van der Waals surface area contributed by atoms with Crippen LogP contribution in [0.4, 0.5) is 0 Å². The van der Waals surface area contributed by atoms with Crippen molar-refractivity contribution in [3.8, 4) is 11.5 Å². The van der Waals surface area contributed by atoms with Gasteiger partial charge in [0.2, 0.25) is 0 Å². The molecule has 4 rings (SSSR count). The molecule has 2 heterocycles. The van der Waals surface area contributed by atoms with Crippen molar-refractivity contribution in [2.45, 2.75) is 26.3 Å². The first kappa shape index (κ1) is 17.0. The number of nitrogens with one attached hydrogen (secondary N) is 2. The van der Waals surface area contributed by atoms with Gasteiger partial charge in [0.1, 0.15) is 11.5 Å². The molecule has 2 N–H and O–H groups in total. The molecule has 0 bridgehead atoms. The quantitative estimate of drug-likeness (QED) is 0.715. The third-order valence-corrected chi connectivity index (χ3v) is 4.96. The number of ether oxygens (including phenoxy) is 2. The van der Waals surface area contributed by atoms with Crippen molar-refractivity contribution in [2.75, 3.05) is 20.3 Å². The molecule has 1 aliphatic rings. The van der Waals surface area contributed by atoms with Gasteiger partial charge in [0.25, 0.3) is 0 Å². The lowest BCUT2D eigenvalue weighted by atomic mass is 9.94. The van der Waals surface area contributed by atoms with Crippen LogP contribution in [0.2, 0.25) is 0 Å². The fraction of sp³-hybridized carbons (Fsp3) is 0.364. The topological polar surface area (TPSA) is 46.3 Å². The zero-order valence-electron chi connectivity index (χ0n) is 15.6. The zero-order valence-corrected chi connectivity index (χ0v) is 15.6. The molecule has 4 heteroatoms. The van der Waals surface area contributed by atoms with Crippen molar-refractivity contribution in [1.29, 1.82) is 0 Å². The Labute approximate surface area is 154 Å². The number of H-pyrrole nitrogens is 1. The summed E-state index contributed by atoms with van der Waals surface area (Å²) in [7, 11) is 1.72. The van der Waals surface area contributed by atoms with Crippen LogP contribution in [0.1, 0.15) is 36.7 Å². The van der Waals surface area contributed by atoms with Crippen molar-refractivity contribution in [2.24, 2.45) is 5.92 Å². The van der Waals surface area contributed by atoms with E-state index in [4.69, 9.17) is 9.47 Å². The number of hydrogen-bond donors (Lipinski definition) is 2. The largest absolute Gasteiger partial charge is 0.497 e. The number of benzene rings is 2. The first-order chi connectivity index (χ1) is 12.7. The van der Waals surface area contributed by atoms with Gasteiger partial charge in [0, 0.05) is 23.1 Å². The molecular formula is C22H26N2O2. The molecule has 1 unspecified atom stereocenters. The Balaban J connectivity index is 1.65. The Hall–Kier alpha value is -2.46. The van der Waals surface area contributed by atoms with E-state index in [1.807, 2.05) is 6.07 Å². The highest BCUT2D eigenvalue weighted by Gasteiger charge is 2.25. The summed E-state index contributed by atoms with van der Waals surface area (Å²) < 4.78 is 11.2. The van der Waals surface area contributed by atoms with Gasteiger partial charge in [-0.2, -0.15) is 0 Å². The van der Waals surface area contributed by atoms with Crippen molar-refractivity contribution in [1.82, 2.24) is 10.3 Å². The molecule has 3 aromatic rings. The van der Waals surface area contributed by atoms with E-state index in [9.17, 15) is 0 Å². The highest BCUT2D eigenvalue weighted by atomic mass is 16.5. The van der Waals surface area contributed by atoms with E-state index in [1.54, 1.807) is 7.11 Å². The summed E-state index contributed by atoms with van der Waals surface area (Å²) in [6, 6.07) is 14.9. The molecule has 4 nitrogen and oxygen atoms in total. The van der Waals surface area contributed by atoms with Crippen LogP contribution in [0, 0.1) is 5.92 Å². The van der Waals surface area contributed by atoms with Crippen LogP contribution in [-0.2, 0) is 6.42 Å². The van der Waals surface area contributed by atoms with Crippen LogP contribution in [0.25, 0.3) is 10.9 Å². The second-order valence-electron chi connectivity index (χ2n) is 7.34. The number of aromatic nitrogens is 1. The lowest BCUT2D eigenvalue weighted by Crippen LogP contribution is -2.30. The molecule has 0 saturated carbocycles. The molecule has 26 heavy (non-hydrogen) atoms. The van der Waals surface area contributed by atoms with Gasteiger partial charge < -0.3 is 19.8 Å². The third-order valence-electron chi connectivity index (χ3n) is 4.96. The molecule has 1 atom stereocenters. The van der Waals surface area contributed by atoms with Gasteiger partial charge in [-0.15, -0.1) is 0 Å². The van der Waals surface area contributed by atoms with Crippen molar-refractivity contribution < 1.29 is 9.47 Å². The van der Waals surface area contributed by atoms with Gasteiger partial charge >= 0.3 is 0 Å². The Morgan fingerprint density at radius 3 is 2.58 bits per heavy atom. The van der Waals surface area contributed by atoms with Gasteiger partial charge in [-0.25, -0.2) is 0 Å². The van der Waals surface area contributed by atoms with Crippen LogP contribution in [0.5, 0.6) is 11.5 Å². The highest BCUT2D eigenvalue weighted by Crippen LogP contribution is 2.35. The number of aromatic amines is 1. The average Bonchev–Trinajstić information content (AvgIpc) is 3.04. The maximum Gasteiger partial charge on any atom is 0.119 e. The van der Waals surface area contributed by atoms with E-state index in [1.165, 1.54) is 27.7 Å². The Kier molecular flexibility index (Phi) is 4.60. The Bertz CT molecular complexity index is 896. The summed E-state index contributed by atoms with van der Waals surface area (Å²) in [5, 5.41) is 4.91. The average molecular weight is 350 g/mol. The van der Waals surface area contributed by atoms with Crippen LogP contribution in [-0.4, -0.2) is 25.2 Å². The predicted molar refractivity (Wildman–Crippen MR) is 105 cm³/mol. The lowest BCUT2D eigenvalue weighted by Gasteiger charge is -2.25. The second-order valence-corrected chi connectivity index (χ2v) is 7.34. The Morgan fingerprint density at radius 2 is 1.85 bits per heavy atom. The molecule has 136 valence electrons. The maximum absolute atomic E-state index is 5.81. The number of hydrogen-bond acceptors (Lipinski definition) is 3. The van der Waals surface area contributed by atoms with Gasteiger partial charge in [-0.1, -0.05) is 26.0 Å². The second kappa shape index (κ2) is 7.04. The maximum atomic E-state index is 5.81. The van der Waals surface area contributed by atoms with Gasteiger partial charge in [0.05, 0.1) is 19.8 Å². The molecule has 1 aliphatic heterocycles. The number of fused-ring (bicyclic) bond motifs is 3. The van der Waals surface area contributed by atoms with E-state index in [2.05, 4.69) is 60.5 Å². The van der Waals surface area contributed by atoms with E-state index in [-0.39, 0.29) is 6.04 Å². The lowest BCUT2D eigenvalue weighted by molar-refractivity contribution is 0.271. The van der Waals surface area contributed by atoms with Gasteiger partial charge in [0.15, 0.2) is 0 Å². The fourth-order valence-electron chi connectivity index (χ4n) is 3.64. The van der Waals surface area contributed by atoms with Crippen LogP contribution in [0.3, 0.4) is 0 Å². The summed E-state index contributed by atoms with van der Waals surface area (Å²) in [6.45, 7) is 6.03. The van der Waals surface area contributed by atoms with E-state index >= 15 is 0 Å². The van der Waals surface area contributed by atoms with Gasteiger partial charge in [-0.05, 0) is 53.8 Å². The van der Waals surface area contributed by atoms with E-state index < -0.39 is 0 Å². The van der Waals surface area contributed by atoms with Crippen molar-refractivity contribution in [3.05, 3.63) is 59.3 Å². The molecule has 0 fully saturated rings.